The number of nitrogens with two attached hydrogens (primary N) is 1. The number of piperidine rings is 1. The lowest BCUT2D eigenvalue weighted by atomic mass is 10.1. The maximum absolute atomic E-state index is 13.9. The van der Waals surface area contributed by atoms with Gasteiger partial charge in [-0.05, 0) is 18.9 Å². The number of hydrogen-bond acceptors (Lipinski definition) is 5. The van der Waals surface area contributed by atoms with E-state index in [1.807, 2.05) is 0 Å². The molecule has 2 heterocycles. The van der Waals surface area contributed by atoms with Crippen LogP contribution in [0.25, 0.3) is 0 Å². The Morgan fingerprint density at radius 3 is 2.84 bits per heavy atom. The number of aromatic nitrogens is 1. The number of hydrazine groups is 1. The third-order valence-corrected chi connectivity index (χ3v) is 3.32. The summed E-state index contributed by atoms with van der Waals surface area (Å²) in [6.45, 7) is 1.12. The molecule has 6 nitrogen and oxygen atoms in total. The van der Waals surface area contributed by atoms with Crippen LogP contribution in [-0.4, -0.2) is 42.1 Å². The number of hydrogen-bond donors (Lipinski definition) is 2. The van der Waals surface area contributed by atoms with E-state index in [-0.39, 0.29) is 23.4 Å². The van der Waals surface area contributed by atoms with Crippen molar-refractivity contribution in [2.24, 2.45) is 5.84 Å². The molecule has 2 rings (SSSR count). The summed E-state index contributed by atoms with van der Waals surface area (Å²) in [4.78, 5) is 17.6. The van der Waals surface area contributed by atoms with Crippen molar-refractivity contribution in [1.82, 2.24) is 9.88 Å². The molecule has 3 N–H and O–H groups in total. The summed E-state index contributed by atoms with van der Waals surface area (Å²) in [5.41, 5.74) is 2.12. The number of amides is 1. The Morgan fingerprint density at radius 1 is 1.58 bits per heavy atom. The topological polar surface area (TPSA) is 80.5 Å². The molecule has 1 aromatic heterocycles. The number of rotatable bonds is 3. The number of nitrogens with one attached hydrogen (secondary N) is 1. The first kappa shape index (κ1) is 13.7. The Kier molecular flexibility index (Phi) is 4.28. The zero-order valence-electron chi connectivity index (χ0n) is 10.7. The van der Waals surface area contributed by atoms with Gasteiger partial charge in [0.05, 0.1) is 11.7 Å². The van der Waals surface area contributed by atoms with Gasteiger partial charge < -0.3 is 15.1 Å². The van der Waals surface area contributed by atoms with E-state index >= 15 is 0 Å². The zero-order chi connectivity index (χ0) is 13.8. The normalized spacial score (nSPS) is 16.5. The van der Waals surface area contributed by atoms with Gasteiger partial charge in [-0.3, -0.25) is 4.79 Å². The van der Waals surface area contributed by atoms with Crippen molar-refractivity contribution in [3.63, 3.8) is 0 Å². The van der Waals surface area contributed by atoms with Gasteiger partial charge >= 0.3 is 0 Å². The van der Waals surface area contributed by atoms with Crippen molar-refractivity contribution in [2.45, 2.75) is 18.9 Å². The fourth-order valence-electron chi connectivity index (χ4n) is 2.17. The maximum atomic E-state index is 13.9. The number of methoxy groups -OCH3 is 1. The number of ether oxygens (including phenoxy) is 1. The predicted octanol–water partition coefficient (Wildman–Crippen LogP) is 0.757. The molecular formula is C12H17FN4O2. The van der Waals surface area contributed by atoms with Crippen molar-refractivity contribution < 1.29 is 13.9 Å². The average molecular weight is 268 g/mol. The van der Waals surface area contributed by atoms with Gasteiger partial charge in [0.2, 0.25) is 0 Å². The molecule has 0 saturated carbocycles. The van der Waals surface area contributed by atoms with E-state index in [2.05, 4.69) is 10.4 Å². The highest BCUT2D eigenvalue weighted by Gasteiger charge is 2.26. The van der Waals surface area contributed by atoms with E-state index in [9.17, 15) is 9.18 Å². The molecule has 1 aliphatic heterocycles. The molecule has 1 aliphatic rings. The number of nitrogens with zero attached hydrogens (tertiary/aromatic N) is 2. The first-order valence-electron chi connectivity index (χ1n) is 6.10. The minimum absolute atomic E-state index is 0.0150. The first-order chi connectivity index (χ1) is 9.17. The van der Waals surface area contributed by atoms with E-state index in [0.29, 0.717) is 13.1 Å². The molecule has 0 radical (unpaired) electrons. The fraction of sp³-hybridized carbons (Fsp3) is 0.500. The van der Waals surface area contributed by atoms with Gasteiger partial charge in [-0.2, -0.15) is 0 Å². The summed E-state index contributed by atoms with van der Waals surface area (Å²) >= 11 is 0. The zero-order valence-corrected chi connectivity index (χ0v) is 10.7. The quantitative estimate of drug-likeness (QED) is 0.625. The standard InChI is InChI=1S/C12H17FN4O2/c1-19-8-3-6-17(7-4-8)12(18)9-2-5-15-11(16-14)10(9)13/h2,5,8H,3-4,6-7,14H2,1H3,(H,15,16). The minimum atomic E-state index is -0.719. The number of nitrogen functional groups attached to an aromatic ring is 1. The number of likely N-dealkylation sites (tertiary alicyclic amines) is 1. The van der Waals surface area contributed by atoms with Crippen LogP contribution < -0.4 is 11.3 Å². The van der Waals surface area contributed by atoms with Crippen molar-refractivity contribution >= 4 is 11.7 Å². The van der Waals surface area contributed by atoms with Crippen LogP contribution in [0.4, 0.5) is 10.2 Å². The molecule has 1 saturated heterocycles. The molecule has 0 aliphatic carbocycles. The van der Waals surface area contributed by atoms with Crippen molar-refractivity contribution in [1.29, 1.82) is 0 Å². The third-order valence-electron chi connectivity index (χ3n) is 3.32. The predicted molar refractivity (Wildman–Crippen MR) is 67.9 cm³/mol. The van der Waals surface area contributed by atoms with Crippen LogP contribution in [0, 0.1) is 5.82 Å². The van der Waals surface area contributed by atoms with Gasteiger partial charge in [-0.1, -0.05) is 0 Å². The van der Waals surface area contributed by atoms with Crippen LogP contribution in [0.2, 0.25) is 0 Å². The number of halogens is 1. The molecule has 19 heavy (non-hydrogen) atoms. The Bertz CT molecular complexity index is 461. The second kappa shape index (κ2) is 5.94. The minimum Gasteiger partial charge on any atom is -0.381 e. The van der Waals surface area contributed by atoms with Crippen LogP contribution in [-0.2, 0) is 4.74 Å². The van der Waals surface area contributed by atoms with E-state index in [1.165, 1.54) is 12.3 Å². The number of carbonyl (C=O) groups is 1. The molecular weight excluding hydrogens is 251 g/mol. The summed E-state index contributed by atoms with van der Waals surface area (Å²) in [6.07, 6.45) is 3.05. The molecule has 0 spiro atoms. The third kappa shape index (κ3) is 2.82. The summed E-state index contributed by atoms with van der Waals surface area (Å²) in [6, 6.07) is 1.36. The molecule has 0 bridgehead atoms. The van der Waals surface area contributed by atoms with Gasteiger partial charge in [0.1, 0.15) is 0 Å². The van der Waals surface area contributed by atoms with E-state index in [0.717, 1.165) is 12.8 Å². The van der Waals surface area contributed by atoms with Gasteiger partial charge in [-0.25, -0.2) is 15.2 Å². The summed E-state index contributed by atoms with van der Waals surface area (Å²) in [7, 11) is 1.66. The van der Waals surface area contributed by atoms with Crippen LogP contribution in [0.1, 0.15) is 23.2 Å². The van der Waals surface area contributed by atoms with Crippen molar-refractivity contribution in [2.75, 3.05) is 25.6 Å². The second-order valence-electron chi connectivity index (χ2n) is 4.39. The summed E-state index contributed by atoms with van der Waals surface area (Å²) < 4.78 is 19.2. The Morgan fingerprint density at radius 2 is 2.26 bits per heavy atom. The van der Waals surface area contributed by atoms with E-state index < -0.39 is 5.82 Å². The lowest BCUT2D eigenvalue weighted by Crippen LogP contribution is -2.41. The fourth-order valence-corrected chi connectivity index (χ4v) is 2.17. The second-order valence-corrected chi connectivity index (χ2v) is 4.39. The molecule has 7 heteroatoms. The number of anilines is 1. The lowest BCUT2D eigenvalue weighted by Gasteiger charge is -2.31. The Hall–Kier alpha value is -1.73. The average Bonchev–Trinajstić information content (AvgIpc) is 2.47. The molecule has 1 aromatic rings. The van der Waals surface area contributed by atoms with Crippen molar-refractivity contribution in [3.05, 3.63) is 23.6 Å². The molecule has 104 valence electrons. The van der Waals surface area contributed by atoms with Gasteiger partial charge in [0, 0.05) is 26.4 Å². The summed E-state index contributed by atoms with van der Waals surface area (Å²) in [5.74, 6) is 3.95. The Balaban J connectivity index is 2.12. The maximum Gasteiger partial charge on any atom is 0.257 e. The van der Waals surface area contributed by atoms with E-state index in [4.69, 9.17) is 10.6 Å². The first-order valence-corrected chi connectivity index (χ1v) is 6.10. The number of carbonyl (C=O) groups excluding carboxylic acids is 1. The molecule has 0 unspecified atom stereocenters. The van der Waals surface area contributed by atoms with Gasteiger partial charge in [0.15, 0.2) is 11.6 Å². The van der Waals surface area contributed by atoms with Crippen LogP contribution in [0.3, 0.4) is 0 Å². The molecule has 1 fully saturated rings. The van der Waals surface area contributed by atoms with Crippen LogP contribution in [0.15, 0.2) is 12.3 Å². The SMILES string of the molecule is COC1CCN(C(=O)c2ccnc(NN)c2F)CC1. The highest BCUT2D eigenvalue weighted by molar-refractivity contribution is 5.95. The molecule has 1 amide bonds. The molecule has 0 aromatic carbocycles. The van der Waals surface area contributed by atoms with Crippen molar-refractivity contribution in [3.8, 4) is 0 Å². The van der Waals surface area contributed by atoms with Crippen LogP contribution in [0.5, 0.6) is 0 Å². The molecule has 0 atom stereocenters. The number of pyridine rings is 1. The van der Waals surface area contributed by atoms with Crippen LogP contribution >= 0.6 is 0 Å². The highest BCUT2D eigenvalue weighted by atomic mass is 19.1. The van der Waals surface area contributed by atoms with Gasteiger partial charge in [-0.15, -0.1) is 0 Å². The lowest BCUT2D eigenvalue weighted by molar-refractivity contribution is 0.0348. The monoisotopic (exact) mass is 268 g/mol. The summed E-state index contributed by atoms with van der Waals surface area (Å²) in [5, 5.41) is 0. The highest BCUT2D eigenvalue weighted by Crippen LogP contribution is 2.19. The van der Waals surface area contributed by atoms with E-state index in [1.54, 1.807) is 12.0 Å². The van der Waals surface area contributed by atoms with Gasteiger partial charge in [0.25, 0.3) is 5.91 Å². The largest absolute Gasteiger partial charge is 0.381 e. The smallest absolute Gasteiger partial charge is 0.257 e. The Labute approximate surface area is 110 Å².